The van der Waals surface area contributed by atoms with Crippen molar-refractivity contribution in [2.45, 2.75) is 43.3 Å². The lowest BCUT2D eigenvalue weighted by atomic mass is 10.1. The second-order valence-corrected chi connectivity index (χ2v) is 5.15. The molecule has 0 bridgehead atoms. The quantitative estimate of drug-likeness (QED) is 0.481. The van der Waals surface area contributed by atoms with Crippen LogP contribution >= 0.6 is 11.6 Å². The van der Waals surface area contributed by atoms with Gasteiger partial charge < -0.3 is 33.2 Å². The minimum Gasteiger partial charge on any atom is -0.465 e. The Balaban J connectivity index is 1.74. The Hall–Kier alpha value is -0.970. The normalized spacial score (nSPS) is 43.3. The number of esters is 2. The molecule has 3 aliphatic heterocycles. The highest BCUT2D eigenvalue weighted by Crippen LogP contribution is 2.39. The summed E-state index contributed by atoms with van der Waals surface area (Å²) in [5, 5.41) is 0. The van der Waals surface area contributed by atoms with E-state index in [9.17, 15) is 9.59 Å². The Labute approximate surface area is 130 Å². The molecule has 0 aromatic carbocycles. The number of rotatable bonds is 3. The van der Waals surface area contributed by atoms with Gasteiger partial charge >= 0.3 is 11.9 Å². The molecular weight excluding hydrogens is 324 g/mol. The summed E-state index contributed by atoms with van der Waals surface area (Å²) in [6, 6.07) is 0. The standard InChI is InChI=1S/C12H15ClO9/c1-16-8(14)11-18-4(3-13)5-6(20-11)7-10(19-5)22-12(21-7)9(15)17-2/h4-7,10-12H,3H2,1-2H3. The molecule has 0 radical (unpaired) electrons. The van der Waals surface area contributed by atoms with Crippen LogP contribution in [-0.2, 0) is 42.7 Å². The van der Waals surface area contributed by atoms with Crippen molar-refractivity contribution in [2.75, 3.05) is 20.1 Å². The van der Waals surface area contributed by atoms with E-state index in [0.29, 0.717) is 0 Å². The highest BCUT2D eigenvalue weighted by Gasteiger charge is 2.60. The maximum Gasteiger partial charge on any atom is 0.363 e. The summed E-state index contributed by atoms with van der Waals surface area (Å²) in [6.07, 6.45) is -5.82. The monoisotopic (exact) mass is 338 g/mol. The fourth-order valence-corrected chi connectivity index (χ4v) is 2.85. The Morgan fingerprint density at radius 1 is 0.864 bits per heavy atom. The lowest BCUT2D eigenvalue weighted by Gasteiger charge is -2.36. The Morgan fingerprint density at radius 2 is 1.45 bits per heavy atom. The van der Waals surface area contributed by atoms with Crippen molar-refractivity contribution in [1.29, 1.82) is 0 Å². The maximum absolute atomic E-state index is 11.6. The topological polar surface area (TPSA) is 98.8 Å². The number of methoxy groups -OCH3 is 2. The zero-order chi connectivity index (χ0) is 15.9. The molecule has 9 nitrogen and oxygen atoms in total. The molecule has 22 heavy (non-hydrogen) atoms. The molecule has 3 rings (SSSR count). The number of fused-ring (bicyclic) bond motifs is 3. The van der Waals surface area contributed by atoms with Crippen LogP contribution in [0.25, 0.3) is 0 Å². The minimum atomic E-state index is -1.24. The van der Waals surface area contributed by atoms with Crippen molar-refractivity contribution in [3.05, 3.63) is 0 Å². The van der Waals surface area contributed by atoms with Crippen molar-refractivity contribution >= 4 is 23.5 Å². The summed E-state index contributed by atoms with van der Waals surface area (Å²) >= 11 is 5.85. The number of hydrogen-bond acceptors (Lipinski definition) is 9. The van der Waals surface area contributed by atoms with Gasteiger partial charge in [0.05, 0.1) is 20.1 Å². The van der Waals surface area contributed by atoms with Crippen LogP contribution in [0, 0.1) is 0 Å². The van der Waals surface area contributed by atoms with Gasteiger partial charge in [0, 0.05) is 0 Å². The lowest BCUT2D eigenvalue weighted by Crippen LogP contribution is -2.54. The fraction of sp³-hybridized carbons (Fsp3) is 0.833. The smallest absolute Gasteiger partial charge is 0.363 e. The van der Waals surface area contributed by atoms with E-state index in [1.165, 1.54) is 14.2 Å². The van der Waals surface area contributed by atoms with Crippen molar-refractivity contribution in [3.63, 3.8) is 0 Å². The van der Waals surface area contributed by atoms with E-state index >= 15 is 0 Å². The molecule has 7 unspecified atom stereocenters. The average molecular weight is 339 g/mol. The predicted octanol–water partition coefficient (Wildman–Crippen LogP) is -0.852. The van der Waals surface area contributed by atoms with Crippen LogP contribution in [0.3, 0.4) is 0 Å². The number of hydrogen-bond donors (Lipinski definition) is 0. The molecule has 0 N–H and O–H groups in total. The molecule has 3 fully saturated rings. The third-order valence-electron chi connectivity index (χ3n) is 3.63. The van der Waals surface area contributed by atoms with Crippen LogP contribution in [0.4, 0.5) is 0 Å². The number of ether oxygens (including phenoxy) is 7. The van der Waals surface area contributed by atoms with Crippen molar-refractivity contribution in [1.82, 2.24) is 0 Å². The van der Waals surface area contributed by atoms with Crippen LogP contribution in [0.1, 0.15) is 0 Å². The SMILES string of the molecule is COC(=O)C1OC2OC3C(CCl)OC(C(=O)OC)OC3C2O1. The van der Waals surface area contributed by atoms with E-state index in [1.807, 2.05) is 0 Å². The van der Waals surface area contributed by atoms with E-state index < -0.39 is 55.2 Å². The second-order valence-electron chi connectivity index (χ2n) is 4.85. The molecule has 124 valence electrons. The van der Waals surface area contributed by atoms with Crippen molar-refractivity contribution in [3.8, 4) is 0 Å². The Morgan fingerprint density at radius 3 is 2.05 bits per heavy atom. The van der Waals surface area contributed by atoms with Crippen LogP contribution < -0.4 is 0 Å². The molecular formula is C12H15ClO9. The van der Waals surface area contributed by atoms with E-state index in [4.69, 9.17) is 35.3 Å². The first-order valence-electron chi connectivity index (χ1n) is 6.58. The zero-order valence-corrected chi connectivity index (χ0v) is 12.6. The van der Waals surface area contributed by atoms with Crippen LogP contribution in [0.5, 0.6) is 0 Å². The van der Waals surface area contributed by atoms with Gasteiger partial charge in [-0.15, -0.1) is 11.6 Å². The molecule has 0 spiro atoms. The molecule has 0 aliphatic carbocycles. The van der Waals surface area contributed by atoms with Gasteiger partial charge in [0.15, 0.2) is 6.29 Å². The zero-order valence-electron chi connectivity index (χ0n) is 11.8. The average Bonchev–Trinajstić information content (AvgIpc) is 3.10. The predicted molar refractivity (Wildman–Crippen MR) is 66.7 cm³/mol. The third-order valence-corrected chi connectivity index (χ3v) is 3.93. The van der Waals surface area contributed by atoms with Gasteiger partial charge in [-0.05, 0) is 0 Å². The molecule has 3 saturated heterocycles. The van der Waals surface area contributed by atoms with Gasteiger partial charge in [0.25, 0.3) is 12.6 Å². The van der Waals surface area contributed by atoms with Gasteiger partial charge in [-0.3, -0.25) is 0 Å². The first kappa shape index (κ1) is 15.9. The highest BCUT2D eigenvalue weighted by atomic mass is 35.5. The van der Waals surface area contributed by atoms with Crippen LogP contribution in [-0.4, -0.2) is 75.3 Å². The van der Waals surface area contributed by atoms with E-state index in [2.05, 4.69) is 9.47 Å². The van der Waals surface area contributed by atoms with Gasteiger partial charge in [0.1, 0.15) is 24.4 Å². The second kappa shape index (κ2) is 6.26. The van der Waals surface area contributed by atoms with Crippen LogP contribution in [0.2, 0.25) is 0 Å². The van der Waals surface area contributed by atoms with Gasteiger partial charge in [-0.2, -0.15) is 0 Å². The van der Waals surface area contributed by atoms with Gasteiger partial charge in [-0.1, -0.05) is 0 Å². The van der Waals surface area contributed by atoms with E-state index in [0.717, 1.165) is 0 Å². The van der Waals surface area contributed by atoms with E-state index in [-0.39, 0.29) is 5.88 Å². The number of carbonyl (C=O) groups is 2. The number of alkyl halides is 1. The summed E-state index contributed by atoms with van der Waals surface area (Å²) in [7, 11) is 2.43. The highest BCUT2D eigenvalue weighted by molar-refractivity contribution is 6.18. The number of halogens is 1. The molecule has 0 saturated carbocycles. The first-order chi connectivity index (χ1) is 10.6. The molecule has 0 aromatic heterocycles. The van der Waals surface area contributed by atoms with Crippen molar-refractivity contribution < 1.29 is 42.7 Å². The molecule has 3 aliphatic rings. The molecule has 0 aromatic rings. The summed E-state index contributed by atoms with van der Waals surface area (Å²) in [5.41, 5.74) is 0. The number of carbonyl (C=O) groups excluding carboxylic acids is 2. The minimum absolute atomic E-state index is 0.0812. The summed E-state index contributed by atoms with van der Waals surface area (Å²) < 4.78 is 36.5. The largest absolute Gasteiger partial charge is 0.465 e. The first-order valence-corrected chi connectivity index (χ1v) is 7.11. The van der Waals surface area contributed by atoms with E-state index in [1.54, 1.807) is 0 Å². The summed E-state index contributed by atoms with van der Waals surface area (Å²) in [6.45, 7) is 0. The Bertz CT molecular complexity index is 458. The summed E-state index contributed by atoms with van der Waals surface area (Å²) in [4.78, 5) is 23.1. The third kappa shape index (κ3) is 2.57. The fourth-order valence-electron chi connectivity index (χ4n) is 2.60. The molecule has 0 amide bonds. The summed E-state index contributed by atoms with van der Waals surface area (Å²) in [5.74, 6) is -1.29. The molecule has 7 atom stereocenters. The molecule has 10 heteroatoms. The maximum atomic E-state index is 11.6. The Kier molecular flexibility index (Phi) is 4.53. The molecule has 3 heterocycles. The van der Waals surface area contributed by atoms with Crippen molar-refractivity contribution in [2.24, 2.45) is 0 Å². The lowest BCUT2D eigenvalue weighted by molar-refractivity contribution is -0.288. The van der Waals surface area contributed by atoms with Gasteiger partial charge in [-0.25, -0.2) is 9.59 Å². The van der Waals surface area contributed by atoms with Crippen LogP contribution in [0.15, 0.2) is 0 Å². The van der Waals surface area contributed by atoms with Gasteiger partial charge in [0.2, 0.25) is 0 Å².